The van der Waals surface area contributed by atoms with Gasteiger partial charge in [-0.05, 0) is 31.7 Å². The van der Waals surface area contributed by atoms with Crippen molar-refractivity contribution in [1.82, 2.24) is 25.9 Å². The zero-order chi connectivity index (χ0) is 20.1. The third kappa shape index (κ3) is 9.72. The van der Waals surface area contributed by atoms with Gasteiger partial charge in [0, 0.05) is 25.7 Å². The second-order valence-electron chi connectivity index (χ2n) is 5.63. The van der Waals surface area contributed by atoms with Crippen molar-refractivity contribution in [3.05, 3.63) is 24.3 Å². The van der Waals surface area contributed by atoms with Crippen LogP contribution >= 0.6 is 0 Å². The number of nitrogens with one attached hydrogen (secondary N) is 3. The van der Waals surface area contributed by atoms with E-state index in [1.165, 1.54) is 18.6 Å². The molecule has 5 N–H and O–H groups in total. The predicted molar refractivity (Wildman–Crippen MR) is 93.0 cm³/mol. The van der Waals surface area contributed by atoms with Gasteiger partial charge in [0.25, 0.3) is 5.91 Å². The molecule has 0 saturated heterocycles. The van der Waals surface area contributed by atoms with E-state index in [1.54, 1.807) is 0 Å². The summed E-state index contributed by atoms with van der Waals surface area (Å²) in [6.45, 7) is 0.794. The Labute approximate surface area is 155 Å². The minimum atomic E-state index is -1.29. The van der Waals surface area contributed by atoms with Gasteiger partial charge in [-0.3, -0.25) is 9.59 Å². The zero-order valence-electron chi connectivity index (χ0n) is 14.7. The molecular formula is C16H23N5O6. The molecule has 11 nitrogen and oxygen atoms in total. The van der Waals surface area contributed by atoms with Crippen LogP contribution < -0.4 is 16.0 Å². The fourth-order valence-electron chi connectivity index (χ4n) is 2.08. The maximum Gasteiger partial charge on any atom is 0.326 e. The van der Waals surface area contributed by atoms with E-state index in [0.717, 1.165) is 6.42 Å². The molecule has 1 atom stereocenters. The number of amides is 3. The topological polar surface area (TPSA) is 171 Å². The van der Waals surface area contributed by atoms with Gasteiger partial charge in [0.05, 0.1) is 0 Å². The summed E-state index contributed by atoms with van der Waals surface area (Å²) in [5.74, 6) is -2.70. The fraction of sp³-hybridized carbons (Fsp3) is 0.500. The van der Waals surface area contributed by atoms with Gasteiger partial charge >= 0.3 is 18.0 Å². The second-order valence-corrected chi connectivity index (χ2v) is 5.63. The highest BCUT2D eigenvalue weighted by Gasteiger charge is 2.20. The van der Waals surface area contributed by atoms with E-state index in [0.29, 0.717) is 31.6 Å². The smallest absolute Gasteiger partial charge is 0.326 e. The summed E-state index contributed by atoms with van der Waals surface area (Å²) in [7, 11) is 0. The van der Waals surface area contributed by atoms with Crippen molar-refractivity contribution in [3.8, 4) is 0 Å². The molecule has 0 spiro atoms. The highest BCUT2D eigenvalue weighted by molar-refractivity contribution is 5.92. The van der Waals surface area contributed by atoms with Crippen molar-refractivity contribution in [1.29, 1.82) is 0 Å². The van der Waals surface area contributed by atoms with Gasteiger partial charge in [-0.2, -0.15) is 0 Å². The van der Waals surface area contributed by atoms with Crippen LogP contribution in [-0.2, 0) is 9.59 Å². The van der Waals surface area contributed by atoms with Crippen LogP contribution in [0, 0.1) is 0 Å². The number of carbonyl (C=O) groups excluding carboxylic acids is 2. The molecule has 1 aromatic rings. The second kappa shape index (κ2) is 12.2. The van der Waals surface area contributed by atoms with Crippen molar-refractivity contribution in [2.24, 2.45) is 0 Å². The molecule has 0 aliphatic heterocycles. The third-order valence-corrected chi connectivity index (χ3v) is 3.49. The van der Waals surface area contributed by atoms with Gasteiger partial charge in [0.2, 0.25) is 0 Å². The number of carboxylic acids is 2. The van der Waals surface area contributed by atoms with Crippen LogP contribution in [0.25, 0.3) is 0 Å². The minimum Gasteiger partial charge on any atom is -0.481 e. The van der Waals surface area contributed by atoms with Crippen molar-refractivity contribution in [2.45, 2.75) is 38.1 Å². The standard InChI is InChI=1S/C16H23N5O6/c22-13(23)5-4-12(15(25)26)21-16(27)19-8-3-1-2-7-18-14(24)11-6-9-17-10-20-11/h6,9-10,12H,1-5,7-8H2,(H,18,24)(H,22,23)(H,25,26)(H2,19,21,27)/t12-/m0/s1. The molecule has 27 heavy (non-hydrogen) atoms. The average molecular weight is 381 g/mol. The summed E-state index contributed by atoms with van der Waals surface area (Å²) in [6.07, 6.45) is 4.32. The summed E-state index contributed by atoms with van der Waals surface area (Å²) in [5, 5.41) is 25.0. The van der Waals surface area contributed by atoms with Crippen LogP contribution in [-0.4, -0.2) is 63.2 Å². The molecule has 1 aromatic heterocycles. The first-order valence-electron chi connectivity index (χ1n) is 8.43. The predicted octanol–water partition coefficient (Wildman–Crippen LogP) is -0.00610. The summed E-state index contributed by atoms with van der Waals surface area (Å²) < 4.78 is 0. The highest BCUT2D eigenvalue weighted by Crippen LogP contribution is 1.98. The highest BCUT2D eigenvalue weighted by atomic mass is 16.4. The van der Waals surface area contributed by atoms with Crippen LogP contribution in [0.1, 0.15) is 42.6 Å². The molecule has 0 bridgehead atoms. The van der Waals surface area contributed by atoms with Crippen LogP contribution in [0.2, 0.25) is 0 Å². The third-order valence-electron chi connectivity index (χ3n) is 3.49. The summed E-state index contributed by atoms with van der Waals surface area (Å²) in [4.78, 5) is 52.4. The number of urea groups is 1. The molecule has 0 aliphatic rings. The first kappa shape index (κ1) is 21.8. The van der Waals surface area contributed by atoms with Crippen molar-refractivity contribution >= 4 is 23.9 Å². The molecule has 0 aromatic carbocycles. The van der Waals surface area contributed by atoms with Crippen molar-refractivity contribution < 1.29 is 29.4 Å². The van der Waals surface area contributed by atoms with Crippen LogP contribution in [0.3, 0.4) is 0 Å². The first-order chi connectivity index (χ1) is 12.9. The zero-order valence-corrected chi connectivity index (χ0v) is 14.7. The Bertz CT molecular complexity index is 639. The van der Waals surface area contributed by atoms with Crippen molar-refractivity contribution in [3.63, 3.8) is 0 Å². The number of rotatable bonds is 12. The molecule has 3 amide bonds. The first-order valence-corrected chi connectivity index (χ1v) is 8.43. The van der Waals surface area contributed by atoms with E-state index in [9.17, 15) is 19.2 Å². The Kier molecular flexibility index (Phi) is 9.83. The molecule has 0 unspecified atom stereocenters. The van der Waals surface area contributed by atoms with E-state index in [1.807, 2.05) is 0 Å². The molecule has 0 fully saturated rings. The van der Waals surface area contributed by atoms with Gasteiger partial charge in [-0.15, -0.1) is 0 Å². The number of aromatic nitrogens is 2. The lowest BCUT2D eigenvalue weighted by Crippen LogP contribution is -2.46. The normalized spacial score (nSPS) is 11.3. The lowest BCUT2D eigenvalue weighted by Gasteiger charge is -2.14. The Morgan fingerprint density at radius 3 is 2.33 bits per heavy atom. The minimum absolute atomic E-state index is 0.190. The van der Waals surface area contributed by atoms with Crippen molar-refractivity contribution in [2.75, 3.05) is 13.1 Å². The molecule has 0 radical (unpaired) electrons. The van der Waals surface area contributed by atoms with Gasteiger partial charge in [0.15, 0.2) is 0 Å². The summed E-state index contributed by atoms with van der Waals surface area (Å²) in [6, 6.07) is -0.401. The Morgan fingerprint density at radius 2 is 1.74 bits per heavy atom. The molecular weight excluding hydrogens is 358 g/mol. The Hall–Kier alpha value is -3.24. The number of carbonyl (C=O) groups is 4. The molecule has 0 aliphatic carbocycles. The Balaban J connectivity index is 2.11. The van der Waals surface area contributed by atoms with E-state index in [-0.39, 0.29) is 18.7 Å². The molecule has 0 saturated carbocycles. The van der Waals surface area contributed by atoms with Crippen LogP contribution in [0.15, 0.2) is 18.6 Å². The monoisotopic (exact) mass is 381 g/mol. The Morgan fingerprint density at radius 1 is 1.04 bits per heavy atom. The SMILES string of the molecule is O=C(O)CC[C@H](NC(=O)NCCCCCNC(=O)c1ccncn1)C(=O)O. The van der Waals surface area contributed by atoms with Gasteiger partial charge < -0.3 is 26.2 Å². The molecule has 1 heterocycles. The maximum absolute atomic E-state index is 11.7. The quantitative estimate of drug-likeness (QED) is 0.315. The largest absolute Gasteiger partial charge is 0.481 e. The van der Waals surface area contributed by atoms with E-state index < -0.39 is 24.0 Å². The van der Waals surface area contributed by atoms with Crippen LogP contribution in [0.5, 0.6) is 0 Å². The average Bonchev–Trinajstić information content (AvgIpc) is 2.64. The molecule has 148 valence electrons. The fourth-order valence-corrected chi connectivity index (χ4v) is 2.08. The van der Waals surface area contributed by atoms with E-state index in [2.05, 4.69) is 25.9 Å². The number of carboxylic acid groups (broad SMARTS) is 2. The van der Waals surface area contributed by atoms with Gasteiger partial charge in [-0.25, -0.2) is 19.6 Å². The number of hydrogen-bond donors (Lipinski definition) is 5. The summed E-state index contributed by atoms with van der Waals surface area (Å²) >= 11 is 0. The molecule has 1 rings (SSSR count). The molecule has 11 heteroatoms. The number of nitrogens with zero attached hydrogens (tertiary/aromatic N) is 2. The van der Waals surface area contributed by atoms with E-state index in [4.69, 9.17) is 10.2 Å². The summed E-state index contributed by atoms with van der Waals surface area (Å²) in [5.41, 5.74) is 0.291. The lowest BCUT2D eigenvalue weighted by molar-refractivity contribution is -0.140. The lowest BCUT2D eigenvalue weighted by atomic mass is 10.1. The maximum atomic E-state index is 11.7. The van der Waals surface area contributed by atoms with Crippen LogP contribution in [0.4, 0.5) is 4.79 Å². The number of unbranched alkanes of at least 4 members (excludes halogenated alkanes) is 2. The van der Waals surface area contributed by atoms with Gasteiger partial charge in [0.1, 0.15) is 18.1 Å². The number of hydrogen-bond acceptors (Lipinski definition) is 6. The number of aliphatic carboxylic acids is 2. The van der Waals surface area contributed by atoms with E-state index >= 15 is 0 Å². The van der Waals surface area contributed by atoms with Gasteiger partial charge in [-0.1, -0.05) is 0 Å².